The van der Waals surface area contributed by atoms with Crippen molar-refractivity contribution in [3.8, 4) is 0 Å². The minimum Gasteiger partial charge on any atom is -0.380 e. The molecule has 0 fully saturated rings. The molecule has 0 atom stereocenters. The Morgan fingerprint density at radius 1 is 1.15 bits per heavy atom. The molecule has 1 N–H and O–H groups in total. The molecule has 0 aromatic heterocycles. The van der Waals surface area contributed by atoms with E-state index in [4.69, 9.17) is 4.74 Å². The molecule has 0 bridgehead atoms. The van der Waals surface area contributed by atoms with Gasteiger partial charge in [0.15, 0.2) is 0 Å². The lowest BCUT2D eigenvalue weighted by atomic mass is 10.2. The molecule has 0 aliphatic rings. The summed E-state index contributed by atoms with van der Waals surface area (Å²) in [4.78, 5) is 12.2. The number of hydrogen-bond acceptors (Lipinski definition) is 2. The van der Waals surface area contributed by atoms with E-state index < -0.39 is 0 Å². The van der Waals surface area contributed by atoms with Crippen LogP contribution in [0.3, 0.4) is 0 Å². The van der Waals surface area contributed by atoms with Crippen LogP contribution in [-0.4, -0.2) is 13.0 Å². The summed E-state index contributed by atoms with van der Waals surface area (Å²) >= 11 is 6.74. The largest absolute Gasteiger partial charge is 0.380 e. The van der Waals surface area contributed by atoms with Crippen molar-refractivity contribution >= 4 is 43.5 Å². The second-order valence-electron chi connectivity index (χ2n) is 4.25. The third-order valence-electron chi connectivity index (χ3n) is 2.62. The molecule has 2 rings (SSSR count). The first-order chi connectivity index (χ1) is 9.58. The first-order valence-corrected chi connectivity index (χ1v) is 7.52. The fourth-order valence-electron chi connectivity index (χ4n) is 1.79. The molecule has 0 aliphatic heterocycles. The third-order valence-corrected chi connectivity index (χ3v) is 3.54. The van der Waals surface area contributed by atoms with E-state index in [2.05, 4.69) is 37.2 Å². The third kappa shape index (κ3) is 4.16. The minimum absolute atomic E-state index is 0.151. The van der Waals surface area contributed by atoms with Gasteiger partial charge in [-0.25, -0.2) is 0 Å². The molecule has 0 radical (unpaired) electrons. The van der Waals surface area contributed by atoms with Gasteiger partial charge in [-0.2, -0.15) is 0 Å². The number of anilines is 1. The maximum absolute atomic E-state index is 12.2. The number of halogens is 2. The van der Waals surface area contributed by atoms with Crippen molar-refractivity contribution in [3.05, 3.63) is 62.5 Å². The monoisotopic (exact) mass is 397 g/mol. The second kappa shape index (κ2) is 7.02. The predicted octanol–water partition coefficient (Wildman–Crippen LogP) is 4.61. The molecule has 0 saturated heterocycles. The Bertz CT molecular complexity index is 609. The van der Waals surface area contributed by atoms with Crippen LogP contribution in [-0.2, 0) is 11.3 Å². The molecule has 0 heterocycles. The van der Waals surface area contributed by atoms with E-state index in [1.807, 2.05) is 30.3 Å². The van der Waals surface area contributed by atoms with Crippen LogP contribution in [0.1, 0.15) is 15.9 Å². The van der Waals surface area contributed by atoms with Gasteiger partial charge in [-0.1, -0.05) is 44.0 Å². The van der Waals surface area contributed by atoms with Crippen LogP contribution < -0.4 is 5.32 Å². The van der Waals surface area contributed by atoms with Crippen molar-refractivity contribution < 1.29 is 9.53 Å². The SMILES string of the molecule is COCc1cccc(NC(=O)c2cc(Br)cc(Br)c2)c1. The van der Waals surface area contributed by atoms with Crippen molar-refractivity contribution in [3.63, 3.8) is 0 Å². The first kappa shape index (κ1) is 15.2. The van der Waals surface area contributed by atoms with Crippen LogP contribution in [0.15, 0.2) is 51.4 Å². The molecule has 3 nitrogen and oxygen atoms in total. The topological polar surface area (TPSA) is 38.3 Å². The summed E-state index contributed by atoms with van der Waals surface area (Å²) < 4.78 is 6.78. The summed E-state index contributed by atoms with van der Waals surface area (Å²) in [6.45, 7) is 0.520. The van der Waals surface area contributed by atoms with E-state index in [1.165, 1.54) is 0 Å². The molecule has 5 heteroatoms. The molecular weight excluding hydrogens is 386 g/mol. The molecule has 2 aromatic carbocycles. The smallest absolute Gasteiger partial charge is 0.255 e. The highest BCUT2D eigenvalue weighted by atomic mass is 79.9. The van der Waals surface area contributed by atoms with Gasteiger partial charge < -0.3 is 10.1 Å². The van der Waals surface area contributed by atoms with Gasteiger partial charge in [-0.15, -0.1) is 0 Å². The Morgan fingerprint density at radius 3 is 2.50 bits per heavy atom. The van der Waals surface area contributed by atoms with E-state index in [0.717, 1.165) is 20.2 Å². The van der Waals surface area contributed by atoms with E-state index in [1.54, 1.807) is 19.2 Å². The molecule has 0 unspecified atom stereocenters. The number of benzene rings is 2. The van der Waals surface area contributed by atoms with Crippen LogP contribution in [0.5, 0.6) is 0 Å². The maximum atomic E-state index is 12.2. The average Bonchev–Trinajstić information content (AvgIpc) is 2.38. The van der Waals surface area contributed by atoms with Crippen LogP contribution in [0.4, 0.5) is 5.69 Å². The lowest BCUT2D eigenvalue weighted by Crippen LogP contribution is -2.12. The van der Waals surface area contributed by atoms with Gasteiger partial charge in [-0.05, 0) is 35.9 Å². The number of hydrogen-bond donors (Lipinski definition) is 1. The minimum atomic E-state index is -0.151. The number of carbonyl (C=O) groups excluding carboxylic acids is 1. The number of methoxy groups -OCH3 is 1. The number of rotatable bonds is 4. The van der Waals surface area contributed by atoms with Gasteiger partial charge in [0.05, 0.1) is 6.61 Å². The van der Waals surface area contributed by atoms with Gasteiger partial charge in [0.25, 0.3) is 5.91 Å². The first-order valence-electron chi connectivity index (χ1n) is 5.94. The van der Waals surface area contributed by atoms with Crippen LogP contribution in [0, 0.1) is 0 Å². The molecule has 1 amide bonds. The van der Waals surface area contributed by atoms with Crippen molar-refractivity contribution in [2.75, 3.05) is 12.4 Å². The molecule has 104 valence electrons. The molecule has 0 saturated carbocycles. The Balaban J connectivity index is 2.16. The summed E-state index contributed by atoms with van der Waals surface area (Å²) in [5.74, 6) is -0.151. The normalized spacial score (nSPS) is 10.3. The second-order valence-corrected chi connectivity index (χ2v) is 6.08. The Kier molecular flexibility index (Phi) is 5.34. The fourth-order valence-corrected chi connectivity index (χ4v) is 3.09. The number of carbonyl (C=O) groups is 1. The van der Waals surface area contributed by atoms with Crippen molar-refractivity contribution in [2.24, 2.45) is 0 Å². The zero-order valence-electron chi connectivity index (χ0n) is 10.8. The van der Waals surface area contributed by atoms with Gasteiger partial charge in [0.2, 0.25) is 0 Å². The fraction of sp³-hybridized carbons (Fsp3) is 0.133. The standard InChI is InChI=1S/C15H13Br2NO2/c1-20-9-10-3-2-4-14(5-10)18-15(19)11-6-12(16)8-13(17)7-11/h2-8H,9H2,1H3,(H,18,19). The van der Waals surface area contributed by atoms with Gasteiger partial charge in [-0.3, -0.25) is 4.79 Å². The van der Waals surface area contributed by atoms with Gasteiger partial charge >= 0.3 is 0 Å². The number of nitrogens with one attached hydrogen (secondary N) is 1. The van der Waals surface area contributed by atoms with Crippen LogP contribution in [0.25, 0.3) is 0 Å². The predicted molar refractivity (Wildman–Crippen MR) is 87.0 cm³/mol. The highest BCUT2D eigenvalue weighted by molar-refractivity contribution is 9.11. The van der Waals surface area contributed by atoms with Crippen LogP contribution in [0.2, 0.25) is 0 Å². The molecular formula is C15H13Br2NO2. The zero-order valence-corrected chi connectivity index (χ0v) is 14.0. The lowest BCUT2D eigenvalue weighted by molar-refractivity contribution is 0.102. The summed E-state index contributed by atoms with van der Waals surface area (Å²) in [5.41, 5.74) is 2.35. The molecule has 0 spiro atoms. The van der Waals surface area contributed by atoms with Crippen molar-refractivity contribution in [2.45, 2.75) is 6.61 Å². The lowest BCUT2D eigenvalue weighted by Gasteiger charge is -2.08. The van der Waals surface area contributed by atoms with Crippen molar-refractivity contribution in [1.29, 1.82) is 0 Å². The highest BCUT2D eigenvalue weighted by Crippen LogP contribution is 2.21. The number of amides is 1. The quantitative estimate of drug-likeness (QED) is 0.816. The summed E-state index contributed by atoms with van der Waals surface area (Å²) in [6, 6.07) is 13.0. The van der Waals surface area contributed by atoms with Gasteiger partial charge in [0, 0.05) is 27.3 Å². The summed E-state index contributed by atoms with van der Waals surface area (Å²) in [7, 11) is 1.64. The van der Waals surface area contributed by atoms with Gasteiger partial charge in [0.1, 0.15) is 0 Å². The summed E-state index contributed by atoms with van der Waals surface area (Å²) in [6.07, 6.45) is 0. The van der Waals surface area contributed by atoms with E-state index in [0.29, 0.717) is 12.2 Å². The van der Waals surface area contributed by atoms with Crippen LogP contribution >= 0.6 is 31.9 Å². The maximum Gasteiger partial charge on any atom is 0.255 e. The molecule has 0 aliphatic carbocycles. The van der Waals surface area contributed by atoms with E-state index in [-0.39, 0.29) is 5.91 Å². The zero-order chi connectivity index (χ0) is 14.5. The Hall–Kier alpha value is -1.17. The number of ether oxygens (including phenoxy) is 1. The van der Waals surface area contributed by atoms with Crippen molar-refractivity contribution in [1.82, 2.24) is 0 Å². The van der Waals surface area contributed by atoms with E-state index >= 15 is 0 Å². The Labute approximate surface area is 134 Å². The summed E-state index contributed by atoms with van der Waals surface area (Å²) in [5, 5.41) is 2.88. The molecule has 20 heavy (non-hydrogen) atoms. The Morgan fingerprint density at radius 2 is 1.85 bits per heavy atom. The highest BCUT2D eigenvalue weighted by Gasteiger charge is 2.08. The average molecular weight is 399 g/mol. The van der Waals surface area contributed by atoms with E-state index in [9.17, 15) is 4.79 Å². The molecule has 2 aromatic rings.